The summed E-state index contributed by atoms with van der Waals surface area (Å²) in [5.41, 5.74) is 1.02. The van der Waals surface area contributed by atoms with Crippen LogP contribution in [0, 0.1) is 12.7 Å². The van der Waals surface area contributed by atoms with Crippen molar-refractivity contribution in [2.24, 2.45) is 0 Å². The second-order valence-corrected chi connectivity index (χ2v) is 5.02. The highest BCUT2D eigenvalue weighted by atomic mass is 35.5. The lowest BCUT2D eigenvalue weighted by Gasteiger charge is -1.99. The van der Waals surface area contributed by atoms with E-state index in [9.17, 15) is 9.18 Å². The van der Waals surface area contributed by atoms with E-state index < -0.39 is 5.82 Å². The Morgan fingerprint density at radius 2 is 2.32 bits per heavy atom. The van der Waals surface area contributed by atoms with Crippen LogP contribution in [0.3, 0.4) is 0 Å². The van der Waals surface area contributed by atoms with E-state index in [2.05, 4.69) is 10.3 Å². The molecule has 0 fully saturated rings. The van der Waals surface area contributed by atoms with Crippen molar-refractivity contribution in [1.29, 1.82) is 0 Å². The van der Waals surface area contributed by atoms with Crippen molar-refractivity contribution >= 4 is 40.1 Å². The molecule has 1 aromatic carbocycles. The molecule has 0 unspecified atom stereocenters. The van der Waals surface area contributed by atoms with Crippen LogP contribution in [0.1, 0.15) is 11.3 Å². The highest BCUT2D eigenvalue weighted by Gasteiger charge is 2.05. The second-order valence-electron chi connectivity index (χ2n) is 3.75. The van der Waals surface area contributed by atoms with Gasteiger partial charge in [0.15, 0.2) is 5.13 Å². The molecule has 0 radical (unpaired) electrons. The Bertz CT molecular complexity index is 619. The average Bonchev–Trinajstić information content (AvgIpc) is 2.74. The SMILES string of the molecule is Cc1csc(NC(=O)/C=C/c2c(F)cccc2Cl)n1. The number of anilines is 1. The second kappa shape index (κ2) is 5.95. The first-order chi connectivity index (χ1) is 9.06. The zero-order valence-electron chi connectivity index (χ0n) is 9.98. The molecule has 0 saturated heterocycles. The summed E-state index contributed by atoms with van der Waals surface area (Å²) >= 11 is 7.17. The Morgan fingerprint density at radius 3 is 2.95 bits per heavy atom. The Labute approximate surface area is 118 Å². The number of aromatic nitrogens is 1. The number of aryl methyl sites for hydroxylation is 1. The van der Waals surface area contributed by atoms with Crippen molar-refractivity contribution in [3.63, 3.8) is 0 Å². The van der Waals surface area contributed by atoms with Crippen LogP contribution in [-0.4, -0.2) is 10.9 Å². The molecular weight excluding hydrogens is 287 g/mol. The zero-order valence-corrected chi connectivity index (χ0v) is 11.6. The quantitative estimate of drug-likeness (QED) is 0.873. The summed E-state index contributed by atoms with van der Waals surface area (Å²) < 4.78 is 13.5. The summed E-state index contributed by atoms with van der Waals surface area (Å²) in [4.78, 5) is 15.7. The molecule has 1 heterocycles. The number of rotatable bonds is 3. The third kappa shape index (κ3) is 3.62. The fraction of sp³-hybridized carbons (Fsp3) is 0.0769. The lowest BCUT2D eigenvalue weighted by atomic mass is 10.2. The minimum atomic E-state index is -0.471. The number of nitrogens with one attached hydrogen (secondary N) is 1. The first-order valence-corrected chi connectivity index (χ1v) is 6.67. The van der Waals surface area contributed by atoms with Gasteiger partial charge < -0.3 is 0 Å². The number of benzene rings is 1. The molecule has 0 atom stereocenters. The standard InChI is InChI=1S/C13H10ClFN2OS/c1-8-7-19-13(16-8)17-12(18)6-5-9-10(14)3-2-4-11(9)15/h2-7H,1H3,(H,16,17,18)/b6-5+. The first kappa shape index (κ1) is 13.7. The van der Waals surface area contributed by atoms with Gasteiger partial charge in [0.05, 0.1) is 10.7 Å². The van der Waals surface area contributed by atoms with Crippen LogP contribution in [0.5, 0.6) is 0 Å². The molecule has 19 heavy (non-hydrogen) atoms. The number of thiazole rings is 1. The van der Waals surface area contributed by atoms with Gasteiger partial charge in [-0.1, -0.05) is 17.7 Å². The predicted molar refractivity (Wildman–Crippen MR) is 75.9 cm³/mol. The van der Waals surface area contributed by atoms with Gasteiger partial charge in [0.1, 0.15) is 5.82 Å². The van der Waals surface area contributed by atoms with Crippen molar-refractivity contribution in [3.8, 4) is 0 Å². The van der Waals surface area contributed by atoms with E-state index in [0.29, 0.717) is 5.13 Å². The minimum Gasteiger partial charge on any atom is -0.298 e. The van der Waals surface area contributed by atoms with Gasteiger partial charge in [0.2, 0.25) is 5.91 Å². The van der Waals surface area contributed by atoms with Gasteiger partial charge in [0.25, 0.3) is 0 Å². The van der Waals surface area contributed by atoms with Crippen LogP contribution in [0.15, 0.2) is 29.7 Å². The molecule has 0 aliphatic heterocycles. The largest absolute Gasteiger partial charge is 0.298 e. The summed E-state index contributed by atoms with van der Waals surface area (Å²) in [6.45, 7) is 1.83. The van der Waals surface area contributed by atoms with Gasteiger partial charge in [-0.2, -0.15) is 0 Å². The van der Waals surface area contributed by atoms with Gasteiger partial charge in [-0.3, -0.25) is 10.1 Å². The Kier molecular flexibility index (Phi) is 4.29. The normalized spacial score (nSPS) is 10.9. The highest BCUT2D eigenvalue weighted by Crippen LogP contribution is 2.20. The molecule has 0 spiro atoms. The predicted octanol–water partition coefficient (Wildman–Crippen LogP) is 3.90. The fourth-order valence-electron chi connectivity index (χ4n) is 1.39. The number of carbonyl (C=O) groups is 1. The average molecular weight is 297 g/mol. The highest BCUT2D eigenvalue weighted by molar-refractivity contribution is 7.13. The molecule has 0 saturated carbocycles. The molecule has 1 aromatic heterocycles. The van der Waals surface area contributed by atoms with Gasteiger partial charge in [-0.15, -0.1) is 11.3 Å². The van der Waals surface area contributed by atoms with E-state index in [-0.39, 0.29) is 16.5 Å². The molecule has 0 aliphatic carbocycles. The van der Waals surface area contributed by atoms with Crippen LogP contribution in [-0.2, 0) is 4.79 Å². The summed E-state index contributed by atoms with van der Waals surface area (Å²) in [7, 11) is 0. The van der Waals surface area contributed by atoms with E-state index in [0.717, 1.165) is 5.69 Å². The van der Waals surface area contributed by atoms with Gasteiger partial charge in [0, 0.05) is 17.0 Å². The molecule has 6 heteroatoms. The van der Waals surface area contributed by atoms with Gasteiger partial charge in [-0.05, 0) is 25.1 Å². The van der Waals surface area contributed by atoms with Crippen LogP contribution in [0.2, 0.25) is 5.02 Å². The number of nitrogens with zero attached hydrogens (tertiary/aromatic N) is 1. The van der Waals surface area contributed by atoms with Crippen molar-refractivity contribution in [1.82, 2.24) is 4.98 Å². The van der Waals surface area contributed by atoms with Crippen LogP contribution >= 0.6 is 22.9 Å². The van der Waals surface area contributed by atoms with E-state index >= 15 is 0 Å². The number of carbonyl (C=O) groups excluding carboxylic acids is 1. The number of hydrogen-bond acceptors (Lipinski definition) is 3. The van der Waals surface area contributed by atoms with E-state index in [1.807, 2.05) is 12.3 Å². The lowest BCUT2D eigenvalue weighted by Crippen LogP contribution is -2.07. The molecule has 2 rings (SSSR count). The van der Waals surface area contributed by atoms with Crippen molar-refractivity contribution in [2.75, 3.05) is 5.32 Å². The maximum absolute atomic E-state index is 13.5. The summed E-state index contributed by atoms with van der Waals surface area (Å²) in [6, 6.07) is 4.35. The molecule has 0 bridgehead atoms. The summed E-state index contributed by atoms with van der Waals surface area (Å²) in [5, 5.41) is 5.18. The Morgan fingerprint density at radius 1 is 1.53 bits per heavy atom. The van der Waals surface area contributed by atoms with Crippen LogP contribution in [0.25, 0.3) is 6.08 Å². The maximum Gasteiger partial charge on any atom is 0.250 e. The van der Waals surface area contributed by atoms with Crippen molar-refractivity contribution in [2.45, 2.75) is 6.92 Å². The van der Waals surface area contributed by atoms with Crippen molar-refractivity contribution < 1.29 is 9.18 Å². The molecular formula is C13H10ClFN2OS. The van der Waals surface area contributed by atoms with E-state index in [1.165, 1.54) is 35.6 Å². The van der Waals surface area contributed by atoms with Gasteiger partial charge in [-0.25, -0.2) is 9.37 Å². The number of halogens is 2. The maximum atomic E-state index is 13.5. The minimum absolute atomic E-state index is 0.189. The molecule has 1 amide bonds. The topological polar surface area (TPSA) is 42.0 Å². The summed E-state index contributed by atoms with van der Waals surface area (Å²) in [5.74, 6) is -0.852. The zero-order chi connectivity index (χ0) is 13.8. The van der Waals surface area contributed by atoms with Crippen LogP contribution < -0.4 is 5.32 Å². The van der Waals surface area contributed by atoms with Crippen LogP contribution in [0.4, 0.5) is 9.52 Å². The first-order valence-electron chi connectivity index (χ1n) is 5.41. The summed E-state index contributed by atoms with van der Waals surface area (Å²) in [6.07, 6.45) is 2.56. The molecule has 2 aromatic rings. The Balaban J connectivity index is 2.08. The smallest absolute Gasteiger partial charge is 0.250 e. The van der Waals surface area contributed by atoms with E-state index in [4.69, 9.17) is 11.6 Å². The monoisotopic (exact) mass is 296 g/mol. The fourth-order valence-corrected chi connectivity index (χ4v) is 2.30. The number of amides is 1. The Hall–Kier alpha value is -1.72. The molecule has 1 N–H and O–H groups in total. The molecule has 0 aliphatic rings. The van der Waals surface area contributed by atoms with Gasteiger partial charge >= 0.3 is 0 Å². The number of hydrogen-bond donors (Lipinski definition) is 1. The van der Waals surface area contributed by atoms with Crippen molar-refractivity contribution in [3.05, 3.63) is 51.8 Å². The third-order valence-corrected chi connectivity index (χ3v) is 3.46. The molecule has 98 valence electrons. The lowest BCUT2D eigenvalue weighted by molar-refractivity contribution is -0.111. The van der Waals surface area contributed by atoms with E-state index in [1.54, 1.807) is 6.07 Å². The third-order valence-electron chi connectivity index (χ3n) is 2.25. The molecule has 3 nitrogen and oxygen atoms in total.